The quantitative estimate of drug-likeness (QED) is 0.146. The second kappa shape index (κ2) is 12.4. The fourth-order valence-electron chi connectivity index (χ4n) is 2.49. The Bertz CT molecular complexity index is 891. The molecule has 0 spiro atoms. The maximum Gasteiger partial charge on any atom is 0.343 e. The Morgan fingerprint density at radius 3 is 2.32 bits per heavy atom. The number of ether oxygens (including phenoxy) is 4. The average Bonchev–Trinajstić information content (AvgIpc) is 2.75. The number of esters is 2. The smallest absolute Gasteiger partial charge is 0.343 e. The van der Waals surface area contributed by atoms with E-state index in [0.29, 0.717) is 12.4 Å². The fraction of sp³-hybridized carbons (Fsp3) is 0.333. The average molecular weight is 430 g/mol. The van der Waals surface area contributed by atoms with E-state index in [1.807, 2.05) is 0 Å². The van der Waals surface area contributed by atoms with E-state index >= 15 is 0 Å². The zero-order chi connectivity index (χ0) is 22.6. The molecule has 31 heavy (non-hydrogen) atoms. The molecule has 0 atom stereocenters. The van der Waals surface area contributed by atoms with E-state index in [-0.39, 0.29) is 22.6 Å². The Morgan fingerprint density at radius 1 is 0.968 bits per heavy atom. The Kier molecular flexibility index (Phi) is 9.55. The minimum absolute atomic E-state index is 0.118. The second-order valence-electron chi connectivity index (χ2n) is 6.89. The minimum Gasteiger partial charge on any atom is -0.494 e. The third-order valence-electron chi connectivity index (χ3n) is 4.23. The van der Waals surface area contributed by atoms with Crippen molar-refractivity contribution in [1.29, 1.82) is 0 Å². The Balaban J connectivity index is 1.85. The molecule has 2 rings (SSSR count). The number of hydrogen-bond acceptors (Lipinski definition) is 6. The molecule has 0 saturated heterocycles. The van der Waals surface area contributed by atoms with E-state index < -0.39 is 24.5 Å². The highest BCUT2D eigenvalue weighted by Crippen LogP contribution is 2.24. The van der Waals surface area contributed by atoms with Crippen LogP contribution in [0.1, 0.15) is 49.9 Å². The maximum atomic E-state index is 14.2. The van der Waals surface area contributed by atoms with Gasteiger partial charge in [0.2, 0.25) is 6.79 Å². The number of hydrogen-bond donors (Lipinski definition) is 0. The molecule has 166 valence electrons. The van der Waals surface area contributed by atoms with Gasteiger partial charge in [-0.1, -0.05) is 32.8 Å². The van der Waals surface area contributed by atoms with Crippen LogP contribution in [0.2, 0.25) is 0 Å². The monoisotopic (exact) mass is 430 g/mol. The third kappa shape index (κ3) is 8.12. The normalized spacial score (nSPS) is 10.3. The van der Waals surface area contributed by atoms with Crippen molar-refractivity contribution in [2.75, 3.05) is 13.4 Å². The van der Waals surface area contributed by atoms with Crippen molar-refractivity contribution in [2.24, 2.45) is 0 Å². The molecule has 0 saturated carbocycles. The molecule has 0 heterocycles. The molecule has 0 aliphatic carbocycles. The van der Waals surface area contributed by atoms with Gasteiger partial charge < -0.3 is 18.9 Å². The fourth-order valence-corrected chi connectivity index (χ4v) is 2.49. The van der Waals surface area contributed by atoms with E-state index in [9.17, 15) is 14.0 Å². The SMILES string of the molecule is C=C(C)C(=O)OCOc1ccc(OC(=O)c2ccc(OCCCCCC)cc2)c(F)c1. The van der Waals surface area contributed by atoms with Gasteiger partial charge in [0.1, 0.15) is 11.5 Å². The lowest BCUT2D eigenvalue weighted by molar-refractivity contribution is -0.145. The lowest BCUT2D eigenvalue weighted by Gasteiger charge is -2.10. The number of benzene rings is 2. The van der Waals surface area contributed by atoms with Gasteiger partial charge in [-0.3, -0.25) is 0 Å². The van der Waals surface area contributed by atoms with Gasteiger partial charge in [0.25, 0.3) is 0 Å². The van der Waals surface area contributed by atoms with E-state index in [2.05, 4.69) is 13.5 Å². The molecule has 0 aliphatic heterocycles. The summed E-state index contributed by atoms with van der Waals surface area (Å²) < 4.78 is 34.9. The van der Waals surface area contributed by atoms with Crippen LogP contribution in [0.4, 0.5) is 4.39 Å². The second-order valence-corrected chi connectivity index (χ2v) is 6.89. The van der Waals surface area contributed by atoms with E-state index in [1.54, 1.807) is 24.3 Å². The molecule has 0 bridgehead atoms. The minimum atomic E-state index is -0.788. The topological polar surface area (TPSA) is 71.1 Å². The first-order valence-corrected chi connectivity index (χ1v) is 10.1. The molecular weight excluding hydrogens is 403 g/mol. The summed E-state index contributed by atoms with van der Waals surface area (Å²) in [7, 11) is 0. The molecule has 0 aliphatic rings. The molecule has 6 nitrogen and oxygen atoms in total. The van der Waals surface area contributed by atoms with Crippen LogP contribution >= 0.6 is 0 Å². The largest absolute Gasteiger partial charge is 0.494 e. The van der Waals surface area contributed by atoms with Crippen LogP contribution in [0, 0.1) is 5.82 Å². The van der Waals surface area contributed by atoms with Crippen molar-refractivity contribution in [1.82, 2.24) is 0 Å². The lowest BCUT2D eigenvalue weighted by Crippen LogP contribution is -2.11. The predicted octanol–water partition coefficient (Wildman–Crippen LogP) is 5.46. The first-order chi connectivity index (χ1) is 14.9. The van der Waals surface area contributed by atoms with Gasteiger partial charge >= 0.3 is 11.9 Å². The lowest BCUT2D eigenvalue weighted by atomic mass is 10.2. The highest BCUT2D eigenvalue weighted by atomic mass is 19.1. The molecule has 2 aromatic rings. The van der Waals surface area contributed by atoms with Crippen molar-refractivity contribution in [3.05, 3.63) is 66.0 Å². The van der Waals surface area contributed by atoms with Crippen LogP contribution in [-0.4, -0.2) is 25.3 Å². The first-order valence-electron chi connectivity index (χ1n) is 10.1. The van der Waals surface area contributed by atoms with Gasteiger partial charge in [-0.05, 0) is 49.7 Å². The van der Waals surface area contributed by atoms with Gasteiger partial charge in [0, 0.05) is 11.6 Å². The van der Waals surface area contributed by atoms with Crippen molar-refractivity contribution in [3.8, 4) is 17.2 Å². The summed E-state index contributed by atoms with van der Waals surface area (Å²) in [4.78, 5) is 23.6. The van der Waals surface area contributed by atoms with Crippen LogP contribution in [0.3, 0.4) is 0 Å². The molecule has 7 heteroatoms. The summed E-state index contributed by atoms with van der Waals surface area (Å²) in [6, 6.07) is 10.2. The Morgan fingerprint density at radius 2 is 1.68 bits per heavy atom. The molecular formula is C24H27FO6. The Labute approximate surface area is 181 Å². The van der Waals surface area contributed by atoms with Crippen LogP contribution in [0.15, 0.2) is 54.6 Å². The zero-order valence-corrected chi connectivity index (χ0v) is 17.8. The van der Waals surface area contributed by atoms with Crippen molar-refractivity contribution < 1.29 is 32.9 Å². The van der Waals surface area contributed by atoms with Crippen molar-refractivity contribution >= 4 is 11.9 Å². The van der Waals surface area contributed by atoms with Gasteiger partial charge in [0.15, 0.2) is 11.6 Å². The van der Waals surface area contributed by atoms with E-state index in [4.69, 9.17) is 18.9 Å². The Hall–Kier alpha value is -3.35. The summed E-state index contributed by atoms with van der Waals surface area (Å²) in [6.45, 7) is 7.32. The molecule has 2 aromatic carbocycles. The highest BCUT2D eigenvalue weighted by Gasteiger charge is 2.13. The molecule has 0 aromatic heterocycles. The van der Waals surface area contributed by atoms with Crippen LogP contribution in [0.25, 0.3) is 0 Å². The van der Waals surface area contributed by atoms with Crippen LogP contribution in [0.5, 0.6) is 17.2 Å². The number of rotatable bonds is 12. The summed E-state index contributed by atoms with van der Waals surface area (Å²) >= 11 is 0. The standard InChI is InChI=1S/C24H27FO6/c1-4-5-6-7-14-28-19-10-8-18(9-11-19)24(27)31-22-13-12-20(15-21(22)25)29-16-30-23(26)17(2)3/h8-13,15H,2,4-7,14,16H2,1,3H3. The third-order valence-corrected chi connectivity index (χ3v) is 4.23. The number of halogens is 1. The summed E-state index contributed by atoms with van der Waals surface area (Å²) in [5.41, 5.74) is 0.494. The van der Waals surface area contributed by atoms with Gasteiger partial charge in [0.05, 0.1) is 12.2 Å². The zero-order valence-electron chi connectivity index (χ0n) is 17.8. The molecule has 0 fully saturated rings. The molecule has 0 radical (unpaired) electrons. The summed E-state index contributed by atoms with van der Waals surface area (Å²) in [5, 5.41) is 0. The molecule has 0 N–H and O–H groups in total. The van der Waals surface area contributed by atoms with Gasteiger partial charge in [-0.25, -0.2) is 14.0 Å². The van der Waals surface area contributed by atoms with E-state index in [1.165, 1.54) is 25.5 Å². The van der Waals surface area contributed by atoms with Crippen molar-refractivity contribution in [2.45, 2.75) is 39.5 Å². The predicted molar refractivity (Wildman–Crippen MR) is 114 cm³/mol. The summed E-state index contributed by atoms with van der Waals surface area (Å²) in [5.74, 6) is -1.56. The number of unbranched alkanes of at least 4 members (excludes halogenated alkanes) is 3. The first kappa shape index (κ1) is 23.9. The van der Waals surface area contributed by atoms with Crippen LogP contribution in [-0.2, 0) is 9.53 Å². The highest BCUT2D eigenvalue weighted by molar-refractivity contribution is 5.91. The maximum absolute atomic E-state index is 14.2. The summed E-state index contributed by atoms with van der Waals surface area (Å²) in [6.07, 6.45) is 4.45. The van der Waals surface area contributed by atoms with E-state index in [0.717, 1.165) is 25.3 Å². The van der Waals surface area contributed by atoms with Crippen molar-refractivity contribution in [3.63, 3.8) is 0 Å². The number of carbonyl (C=O) groups excluding carboxylic acids is 2. The molecule has 0 amide bonds. The van der Waals surface area contributed by atoms with Gasteiger partial charge in [-0.15, -0.1) is 0 Å². The molecule has 0 unspecified atom stereocenters. The van der Waals surface area contributed by atoms with Crippen LogP contribution < -0.4 is 14.2 Å². The van der Waals surface area contributed by atoms with Gasteiger partial charge in [-0.2, -0.15) is 0 Å². The number of carbonyl (C=O) groups is 2.